The van der Waals surface area contributed by atoms with Crippen molar-refractivity contribution in [3.8, 4) is 0 Å². The zero-order chi connectivity index (χ0) is 14.3. The highest BCUT2D eigenvalue weighted by atomic mass is 35.5. The van der Waals surface area contributed by atoms with Gasteiger partial charge in [-0.05, 0) is 31.4 Å². The van der Waals surface area contributed by atoms with Gasteiger partial charge in [-0.2, -0.15) is 4.98 Å². The third-order valence-electron chi connectivity index (χ3n) is 3.55. The second kappa shape index (κ2) is 5.35. The standard InChI is InChI=1S/C12H14Cl2N4O2/c1-2-17-8-9(13)15-11(14)16-10(8)18(12(17)19)7-4-3-5-20-6-7/h7H,2-6H2,1H3. The summed E-state index contributed by atoms with van der Waals surface area (Å²) in [7, 11) is 0. The largest absolute Gasteiger partial charge is 0.379 e. The minimum absolute atomic E-state index is 0.0337. The van der Waals surface area contributed by atoms with E-state index < -0.39 is 0 Å². The zero-order valence-electron chi connectivity index (χ0n) is 11.0. The van der Waals surface area contributed by atoms with Gasteiger partial charge in [0.05, 0.1) is 12.6 Å². The van der Waals surface area contributed by atoms with Crippen LogP contribution in [0.25, 0.3) is 11.2 Å². The van der Waals surface area contributed by atoms with Gasteiger partial charge in [0.2, 0.25) is 5.28 Å². The summed E-state index contributed by atoms with van der Waals surface area (Å²) >= 11 is 12.0. The number of ether oxygens (including phenoxy) is 1. The summed E-state index contributed by atoms with van der Waals surface area (Å²) in [5, 5.41) is 0.246. The third kappa shape index (κ3) is 2.12. The van der Waals surface area contributed by atoms with E-state index >= 15 is 0 Å². The lowest BCUT2D eigenvalue weighted by molar-refractivity contribution is 0.0590. The molecule has 2 aromatic rings. The van der Waals surface area contributed by atoms with Crippen molar-refractivity contribution >= 4 is 34.4 Å². The first-order chi connectivity index (χ1) is 9.63. The number of rotatable bonds is 2. The Kier molecular flexibility index (Phi) is 3.70. The lowest BCUT2D eigenvalue weighted by Crippen LogP contribution is -2.31. The molecule has 108 valence electrons. The molecule has 1 fully saturated rings. The Morgan fingerprint density at radius 1 is 1.40 bits per heavy atom. The minimum atomic E-state index is -0.142. The Balaban J connectivity index is 2.30. The highest BCUT2D eigenvalue weighted by Crippen LogP contribution is 2.26. The molecule has 0 bridgehead atoms. The van der Waals surface area contributed by atoms with Crippen molar-refractivity contribution < 1.29 is 4.74 Å². The normalized spacial score (nSPS) is 19.6. The molecule has 6 nitrogen and oxygen atoms in total. The van der Waals surface area contributed by atoms with E-state index in [2.05, 4.69) is 9.97 Å². The van der Waals surface area contributed by atoms with E-state index in [1.54, 1.807) is 9.13 Å². The van der Waals surface area contributed by atoms with E-state index in [4.69, 9.17) is 27.9 Å². The van der Waals surface area contributed by atoms with Crippen LogP contribution in [0.5, 0.6) is 0 Å². The van der Waals surface area contributed by atoms with Crippen molar-refractivity contribution in [2.45, 2.75) is 32.4 Å². The van der Waals surface area contributed by atoms with Crippen LogP contribution < -0.4 is 5.69 Å². The molecule has 0 radical (unpaired) electrons. The molecule has 1 atom stereocenters. The summed E-state index contributed by atoms with van der Waals surface area (Å²) in [6, 6.07) is -0.0337. The molecule has 0 aromatic carbocycles. The van der Waals surface area contributed by atoms with Gasteiger partial charge in [0.1, 0.15) is 5.52 Å². The predicted molar refractivity (Wildman–Crippen MR) is 76.6 cm³/mol. The molecule has 20 heavy (non-hydrogen) atoms. The topological polar surface area (TPSA) is 61.9 Å². The quantitative estimate of drug-likeness (QED) is 0.630. The average molecular weight is 317 g/mol. The van der Waals surface area contributed by atoms with Crippen LogP contribution >= 0.6 is 23.2 Å². The van der Waals surface area contributed by atoms with Gasteiger partial charge >= 0.3 is 5.69 Å². The van der Waals surface area contributed by atoms with Crippen LogP contribution in [-0.2, 0) is 11.3 Å². The number of aryl methyl sites for hydroxylation is 1. The van der Waals surface area contributed by atoms with Gasteiger partial charge in [0, 0.05) is 13.2 Å². The maximum Gasteiger partial charge on any atom is 0.330 e. The summed E-state index contributed by atoms with van der Waals surface area (Å²) < 4.78 is 8.67. The molecule has 1 aliphatic heterocycles. The average Bonchev–Trinajstić information content (AvgIpc) is 2.71. The smallest absolute Gasteiger partial charge is 0.330 e. The number of nitrogens with zero attached hydrogens (tertiary/aromatic N) is 4. The van der Waals surface area contributed by atoms with Gasteiger partial charge in [-0.15, -0.1) is 0 Å². The number of imidazole rings is 1. The molecule has 1 aliphatic rings. The van der Waals surface area contributed by atoms with Crippen LogP contribution in [0.1, 0.15) is 25.8 Å². The Labute approximate surface area is 125 Å². The molecule has 0 N–H and O–H groups in total. The molecule has 8 heteroatoms. The van der Waals surface area contributed by atoms with Crippen molar-refractivity contribution in [1.29, 1.82) is 0 Å². The number of aromatic nitrogens is 4. The highest BCUT2D eigenvalue weighted by molar-refractivity contribution is 6.35. The minimum Gasteiger partial charge on any atom is -0.379 e. The molecule has 0 amide bonds. The first-order valence-electron chi connectivity index (χ1n) is 6.55. The number of fused-ring (bicyclic) bond motifs is 1. The van der Waals surface area contributed by atoms with E-state index in [1.165, 1.54) is 0 Å². The fourth-order valence-electron chi connectivity index (χ4n) is 2.66. The molecule has 0 spiro atoms. The Bertz CT molecular complexity index is 704. The van der Waals surface area contributed by atoms with Crippen molar-refractivity contribution in [3.63, 3.8) is 0 Å². The Morgan fingerprint density at radius 3 is 2.85 bits per heavy atom. The van der Waals surface area contributed by atoms with Crippen LogP contribution in [0, 0.1) is 0 Å². The molecule has 1 unspecified atom stereocenters. The summed E-state index contributed by atoms with van der Waals surface area (Å²) in [4.78, 5) is 20.7. The third-order valence-corrected chi connectivity index (χ3v) is 3.98. The lowest BCUT2D eigenvalue weighted by Gasteiger charge is -2.22. The van der Waals surface area contributed by atoms with Gasteiger partial charge in [0.15, 0.2) is 10.8 Å². The molecule has 0 saturated carbocycles. The van der Waals surface area contributed by atoms with Gasteiger partial charge in [0.25, 0.3) is 0 Å². The molecule has 2 aromatic heterocycles. The molecular formula is C12H14Cl2N4O2. The number of halogens is 2. The molecular weight excluding hydrogens is 303 g/mol. The Morgan fingerprint density at radius 2 is 2.20 bits per heavy atom. The maximum atomic E-state index is 12.6. The van der Waals surface area contributed by atoms with Crippen molar-refractivity contribution in [2.24, 2.45) is 0 Å². The molecule has 0 aliphatic carbocycles. The van der Waals surface area contributed by atoms with Gasteiger partial charge in [-0.3, -0.25) is 9.13 Å². The van der Waals surface area contributed by atoms with Gasteiger partial charge in [-0.25, -0.2) is 9.78 Å². The zero-order valence-corrected chi connectivity index (χ0v) is 12.5. The number of hydrogen-bond acceptors (Lipinski definition) is 4. The molecule has 1 saturated heterocycles. The lowest BCUT2D eigenvalue weighted by atomic mass is 10.1. The van der Waals surface area contributed by atoms with E-state index in [-0.39, 0.29) is 22.2 Å². The fourth-order valence-corrected chi connectivity index (χ4v) is 3.13. The van der Waals surface area contributed by atoms with E-state index in [9.17, 15) is 4.79 Å². The van der Waals surface area contributed by atoms with E-state index in [1.807, 2.05) is 6.92 Å². The molecule has 3 rings (SSSR count). The van der Waals surface area contributed by atoms with Crippen LogP contribution in [0.15, 0.2) is 4.79 Å². The van der Waals surface area contributed by atoms with Crippen LogP contribution in [0.4, 0.5) is 0 Å². The summed E-state index contributed by atoms with van der Waals surface area (Å²) in [5.41, 5.74) is 0.878. The fraction of sp³-hybridized carbons (Fsp3) is 0.583. The van der Waals surface area contributed by atoms with Crippen molar-refractivity contribution in [1.82, 2.24) is 19.1 Å². The number of hydrogen-bond donors (Lipinski definition) is 0. The van der Waals surface area contributed by atoms with E-state index in [0.29, 0.717) is 24.3 Å². The van der Waals surface area contributed by atoms with Crippen LogP contribution in [-0.4, -0.2) is 32.3 Å². The van der Waals surface area contributed by atoms with Crippen molar-refractivity contribution in [2.75, 3.05) is 13.2 Å². The van der Waals surface area contributed by atoms with Crippen molar-refractivity contribution in [3.05, 3.63) is 20.9 Å². The summed E-state index contributed by atoms with van der Waals surface area (Å²) in [5.74, 6) is 0. The summed E-state index contributed by atoms with van der Waals surface area (Å²) in [6.45, 7) is 3.62. The SMILES string of the molecule is CCn1c(=O)n(C2CCCOC2)c2nc(Cl)nc(Cl)c21. The maximum absolute atomic E-state index is 12.6. The second-order valence-electron chi connectivity index (χ2n) is 4.72. The first kappa shape index (κ1) is 13.9. The molecule has 3 heterocycles. The Hall–Kier alpha value is -1.11. The van der Waals surface area contributed by atoms with Crippen LogP contribution in [0.3, 0.4) is 0 Å². The van der Waals surface area contributed by atoms with E-state index in [0.717, 1.165) is 19.4 Å². The predicted octanol–water partition coefficient (Wildman–Crippen LogP) is 2.27. The van der Waals surface area contributed by atoms with Gasteiger partial charge in [-0.1, -0.05) is 11.6 Å². The van der Waals surface area contributed by atoms with Gasteiger partial charge < -0.3 is 4.74 Å². The second-order valence-corrected chi connectivity index (χ2v) is 5.42. The first-order valence-corrected chi connectivity index (χ1v) is 7.30. The van der Waals surface area contributed by atoms with Crippen LogP contribution in [0.2, 0.25) is 10.4 Å². The monoisotopic (exact) mass is 316 g/mol. The summed E-state index contributed by atoms with van der Waals surface area (Å²) in [6.07, 6.45) is 1.80. The highest BCUT2D eigenvalue weighted by Gasteiger charge is 2.25.